The maximum Gasteiger partial charge on any atom is 0.245 e. The van der Waals surface area contributed by atoms with Gasteiger partial charge < -0.3 is 14.5 Å². The number of carbonyl (C=O) groups excluding carboxylic acids is 1. The Bertz CT molecular complexity index is 1340. The Hall–Kier alpha value is -3.79. The molecule has 0 fully saturated rings. The first-order valence-electron chi connectivity index (χ1n) is 12.3. The number of ether oxygens (including phenoxy) is 1. The molecule has 4 aromatic rings. The summed E-state index contributed by atoms with van der Waals surface area (Å²) in [5.74, 6) is 1.71. The number of hydrogen-bond acceptors (Lipinski definition) is 3. The molecule has 0 aliphatic heterocycles. The van der Waals surface area contributed by atoms with Gasteiger partial charge in [0.2, 0.25) is 5.91 Å². The zero-order valence-corrected chi connectivity index (χ0v) is 20.6. The molecule has 1 aliphatic carbocycles. The first kappa shape index (κ1) is 23.0. The number of methoxy groups -OCH3 is 1. The molecule has 3 aromatic carbocycles. The molecular weight excluding hydrogens is 434 g/mol. The molecule has 4 nitrogen and oxygen atoms in total. The summed E-state index contributed by atoms with van der Waals surface area (Å²) in [6, 6.07) is 22.0. The lowest BCUT2D eigenvalue weighted by Crippen LogP contribution is -2.27. The van der Waals surface area contributed by atoms with Crippen molar-refractivity contribution in [3.8, 4) is 5.75 Å². The quantitative estimate of drug-likeness (QED) is 0.314. The molecule has 0 spiro atoms. The first-order chi connectivity index (χ1) is 17.1. The highest BCUT2D eigenvalue weighted by atomic mass is 16.5. The van der Waals surface area contributed by atoms with Crippen LogP contribution in [0.5, 0.6) is 5.75 Å². The van der Waals surface area contributed by atoms with Crippen molar-refractivity contribution in [2.75, 3.05) is 7.11 Å². The Morgan fingerprint density at radius 2 is 1.63 bits per heavy atom. The smallest absolute Gasteiger partial charge is 0.245 e. The van der Waals surface area contributed by atoms with Gasteiger partial charge in [0.1, 0.15) is 17.1 Å². The predicted molar refractivity (Wildman–Crippen MR) is 141 cm³/mol. The monoisotopic (exact) mass is 465 g/mol. The zero-order valence-electron chi connectivity index (χ0n) is 20.6. The van der Waals surface area contributed by atoms with Crippen molar-refractivity contribution in [3.05, 3.63) is 106 Å². The molecule has 0 unspecified atom stereocenters. The van der Waals surface area contributed by atoms with Gasteiger partial charge in [0.05, 0.1) is 13.2 Å². The largest absolute Gasteiger partial charge is 0.496 e. The molecular formula is C31H31NO3. The highest BCUT2D eigenvalue weighted by molar-refractivity contribution is 5.98. The van der Waals surface area contributed by atoms with Crippen molar-refractivity contribution in [2.45, 2.75) is 45.6 Å². The second-order valence-corrected chi connectivity index (χ2v) is 9.26. The van der Waals surface area contributed by atoms with E-state index in [9.17, 15) is 4.79 Å². The molecule has 0 bridgehead atoms. The molecule has 0 radical (unpaired) electrons. The summed E-state index contributed by atoms with van der Waals surface area (Å²) in [5.41, 5.74) is 7.06. The molecule has 1 heterocycles. The lowest BCUT2D eigenvalue weighted by atomic mass is 9.93. The van der Waals surface area contributed by atoms with Gasteiger partial charge in [-0.1, -0.05) is 60.7 Å². The van der Waals surface area contributed by atoms with Crippen LogP contribution < -0.4 is 10.1 Å². The van der Waals surface area contributed by atoms with Crippen LogP contribution in [0.2, 0.25) is 0 Å². The average Bonchev–Trinajstić information content (AvgIpc) is 3.27. The van der Waals surface area contributed by atoms with Crippen LogP contribution in [0.15, 0.2) is 77.2 Å². The van der Waals surface area contributed by atoms with E-state index in [-0.39, 0.29) is 11.9 Å². The van der Waals surface area contributed by atoms with Crippen molar-refractivity contribution in [3.63, 3.8) is 0 Å². The van der Waals surface area contributed by atoms with E-state index >= 15 is 0 Å². The van der Waals surface area contributed by atoms with E-state index < -0.39 is 0 Å². The summed E-state index contributed by atoms with van der Waals surface area (Å²) >= 11 is 0. The molecule has 35 heavy (non-hydrogen) atoms. The summed E-state index contributed by atoms with van der Waals surface area (Å²) in [7, 11) is 1.68. The Morgan fingerprint density at radius 1 is 1.00 bits per heavy atom. The topological polar surface area (TPSA) is 51.5 Å². The van der Waals surface area contributed by atoms with Gasteiger partial charge in [-0.15, -0.1) is 0 Å². The van der Waals surface area contributed by atoms with Gasteiger partial charge in [-0.05, 0) is 55.9 Å². The lowest BCUT2D eigenvalue weighted by Gasteiger charge is -2.19. The Kier molecular flexibility index (Phi) is 6.45. The van der Waals surface area contributed by atoms with Crippen LogP contribution in [0.1, 0.15) is 59.4 Å². The van der Waals surface area contributed by atoms with Crippen LogP contribution in [-0.2, 0) is 17.6 Å². The predicted octanol–water partition coefficient (Wildman–Crippen LogP) is 6.94. The fraction of sp³-hybridized carbons (Fsp3) is 0.258. The Balaban J connectivity index is 1.50. The second kappa shape index (κ2) is 9.83. The van der Waals surface area contributed by atoms with E-state index in [1.807, 2.05) is 74.5 Å². The van der Waals surface area contributed by atoms with Crippen molar-refractivity contribution in [1.82, 2.24) is 5.32 Å². The molecule has 5 rings (SSSR count). The van der Waals surface area contributed by atoms with Gasteiger partial charge in [-0.3, -0.25) is 4.79 Å². The van der Waals surface area contributed by atoms with Gasteiger partial charge in [0, 0.05) is 34.6 Å². The summed E-state index contributed by atoms with van der Waals surface area (Å²) in [6.07, 6.45) is 6.04. The van der Waals surface area contributed by atoms with Crippen LogP contribution in [0, 0.1) is 6.92 Å². The van der Waals surface area contributed by atoms with Crippen LogP contribution in [0.3, 0.4) is 0 Å². The van der Waals surface area contributed by atoms with Crippen LogP contribution in [-0.4, -0.2) is 13.0 Å². The number of carbonyl (C=O) groups is 1. The van der Waals surface area contributed by atoms with Gasteiger partial charge in [0.15, 0.2) is 0 Å². The maximum absolute atomic E-state index is 13.3. The third-order valence-electron chi connectivity index (χ3n) is 6.96. The van der Waals surface area contributed by atoms with E-state index in [0.29, 0.717) is 0 Å². The minimum Gasteiger partial charge on any atom is -0.496 e. The summed E-state index contributed by atoms with van der Waals surface area (Å²) in [4.78, 5) is 13.3. The highest BCUT2D eigenvalue weighted by Gasteiger charge is 2.23. The molecule has 178 valence electrons. The van der Waals surface area contributed by atoms with Crippen LogP contribution in [0.4, 0.5) is 0 Å². The van der Waals surface area contributed by atoms with E-state index in [2.05, 4.69) is 11.4 Å². The minimum atomic E-state index is -0.235. The number of allylic oxidation sites excluding steroid dienone is 1. The van der Waals surface area contributed by atoms with E-state index in [4.69, 9.17) is 9.15 Å². The molecule has 4 heteroatoms. The van der Waals surface area contributed by atoms with Crippen molar-refractivity contribution in [2.24, 2.45) is 0 Å². The number of hydrogen-bond donors (Lipinski definition) is 1. The Labute approximate surface area is 206 Å². The SMILES string of the molecule is COc1c(/C(C)=C/C(=O)NC(c2ccccc2)c2ccccc2)cc2c3c(oc2c1C)CCCC3. The number of fused-ring (bicyclic) bond motifs is 3. The standard InChI is InChI=1S/C31H31NO3/c1-20(18-28(33)32-29(22-12-6-4-7-13-22)23-14-8-5-9-15-23)25-19-26-24-16-10-11-17-27(24)35-31(26)21(2)30(25)34-3/h4-9,12-15,18-19,29H,10-11,16-17H2,1-3H3,(H,32,33)/b20-18+. The summed E-state index contributed by atoms with van der Waals surface area (Å²) in [5, 5.41) is 4.36. The van der Waals surface area contributed by atoms with Crippen LogP contribution >= 0.6 is 0 Å². The van der Waals surface area contributed by atoms with Gasteiger partial charge in [-0.25, -0.2) is 0 Å². The van der Waals surface area contributed by atoms with Crippen molar-refractivity contribution < 1.29 is 13.9 Å². The average molecular weight is 466 g/mol. The molecule has 1 amide bonds. The fourth-order valence-electron chi connectivity index (χ4n) is 5.20. The second-order valence-electron chi connectivity index (χ2n) is 9.26. The summed E-state index contributed by atoms with van der Waals surface area (Å²) in [6.45, 7) is 4.00. The van der Waals surface area contributed by atoms with E-state index in [1.165, 1.54) is 18.4 Å². The molecule has 0 atom stereocenters. The molecule has 0 saturated carbocycles. The Morgan fingerprint density at radius 3 is 2.26 bits per heavy atom. The maximum atomic E-state index is 13.3. The third kappa shape index (κ3) is 4.49. The first-order valence-corrected chi connectivity index (χ1v) is 12.3. The molecule has 1 aromatic heterocycles. The number of amides is 1. The van der Waals surface area contributed by atoms with Crippen molar-refractivity contribution >= 4 is 22.4 Å². The number of furan rings is 1. The van der Waals surface area contributed by atoms with E-state index in [0.717, 1.165) is 63.1 Å². The zero-order chi connectivity index (χ0) is 24.4. The number of aryl methyl sites for hydroxylation is 3. The highest BCUT2D eigenvalue weighted by Crippen LogP contribution is 2.41. The summed E-state index contributed by atoms with van der Waals surface area (Å²) < 4.78 is 12.1. The van der Waals surface area contributed by atoms with Crippen LogP contribution in [0.25, 0.3) is 16.5 Å². The fourth-order valence-corrected chi connectivity index (χ4v) is 5.20. The molecule has 1 N–H and O–H groups in total. The number of rotatable bonds is 6. The normalized spacial score (nSPS) is 13.7. The van der Waals surface area contributed by atoms with Crippen molar-refractivity contribution in [1.29, 1.82) is 0 Å². The number of nitrogens with one attached hydrogen (secondary N) is 1. The minimum absolute atomic E-state index is 0.144. The molecule has 0 saturated heterocycles. The van der Waals surface area contributed by atoms with Gasteiger partial charge in [0.25, 0.3) is 0 Å². The van der Waals surface area contributed by atoms with E-state index in [1.54, 1.807) is 13.2 Å². The number of benzene rings is 3. The third-order valence-corrected chi connectivity index (χ3v) is 6.96. The molecule has 1 aliphatic rings. The van der Waals surface area contributed by atoms with Gasteiger partial charge >= 0.3 is 0 Å². The van der Waals surface area contributed by atoms with Gasteiger partial charge in [-0.2, -0.15) is 0 Å². The lowest BCUT2D eigenvalue weighted by molar-refractivity contribution is -0.116.